The van der Waals surface area contributed by atoms with E-state index in [2.05, 4.69) is 25.3 Å². The molecule has 6 rings (SSSR count). The molecule has 2 N–H and O–H groups in total. The van der Waals surface area contributed by atoms with E-state index in [9.17, 15) is 4.79 Å². The first-order valence-electron chi connectivity index (χ1n) is 12.0. The molecule has 1 atom stereocenters. The average molecular weight is 496 g/mol. The number of fused-ring (bicyclic) bond motifs is 2. The summed E-state index contributed by atoms with van der Waals surface area (Å²) in [7, 11) is 1.66. The van der Waals surface area contributed by atoms with Crippen LogP contribution in [-0.2, 0) is 11.2 Å². The van der Waals surface area contributed by atoms with Gasteiger partial charge >= 0.3 is 0 Å². The number of benzene rings is 2. The van der Waals surface area contributed by atoms with Crippen molar-refractivity contribution in [2.75, 3.05) is 19.0 Å². The predicted molar refractivity (Wildman–Crippen MR) is 137 cm³/mol. The first-order valence-corrected chi connectivity index (χ1v) is 12.0. The normalized spacial score (nSPS) is 14.9. The van der Waals surface area contributed by atoms with E-state index in [4.69, 9.17) is 14.6 Å². The number of aromatic nitrogens is 6. The third kappa shape index (κ3) is 4.26. The van der Waals surface area contributed by atoms with Gasteiger partial charge in [-0.3, -0.25) is 4.79 Å². The quantitative estimate of drug-likeness (QED) is 0.351. The Labute approximate surface area is 212 Å². The highest BCUT2D eigenvalue weighted by atomic mass is 16.5. The maximum Gasteiger partial charge on any atom is 0.226 e. The number of imidazole rings is 1. The van der Waals surface area contributed by atoms with Gasteiger partial charge in [0.05, 0.1) is 25.7 Å². The Morgan fingerprint density at radius 3 is 2.59 bits per heavy atom. The summed E-state index contributed by atoms with van der Waals surface area (Å²) in [6.07, 6.45) is 4.13. The number of rotatable bonds is 7. The number of hydrogen-bond acceptors (Lipinski definition) is 7. The lowest BCUT2D eigenvalue weighted by Gasteiger charge is -2.24. The van der Waals surface area contributed by atoms with Crippen molar-refractivity contribution in [1.29, 1.82) is 0 Å². The fraction of sp³-hybridized carbons (Fsp3) is 0.222. The Hall–Kier alpha value is -4.73. The largest absolute Gasteiger partial charge is 0.497 e. The van der Waals surface area contributed by atoms with Crippen LogP contribution in [0.25, 0.3) is 17.0 Å². The average Bonchev–Trinajstić information content (AvgIpc) is 3.53. The van der Waals surface area contributed by atoms with E-state index >= 15 is 0 Å². The summed E-state index contributed by atoms with van der Waals surface area (Å²) in [6, 6.07) is 15.9. The minimum Gasteiger partial charge on any atom is -0.497 e. The van der Waals surface area contributed by atoms with Crippen LogP contribution in [0.4, 0.5) is 5.82 Å². The number of anilines is 1. The van der Waals surface area contributed by atoms with Gasteiger partial charge in [-0.1, -0.05) is 24.3 Å². The minimum atomic E-state index is -0.134. The van der Waals surface area contributed by atoms with Crippen LogP contribution in [0.15, 0.2) is 61.2 Å². The van der Waals surface area contributed by atoms with Gasteiger partial charge in [0, 0.05) is 24.3 Å². The zero-order valence-electron chi connectivity index (χ0n) is 20.4. The molecule has 10 nitrogen and oxygen atoms in total. The number of ether oxygens (including phenoxy) is 2. The molecule has 4 heterocycles. The maximum absolute atomic E-state index is 12.8. The van der Waals surface area contributed by atoms with Crippen LogP contribution in [0.5, 0.6) is 11.5 Å². The highest BCUT2D eigenvalue weighted by Gasteiger charge is 2.33. The van der Waals surface area contributed by atoms with Gasteiger partial charge in [-0.25, -0.2) is 15.0 Å². The second-order valence-electron chi connectivity index (χ2n) is 8.88. The van der Waals surface area contributed by atoms with E-state index in [1.807, 2.05) is 55.5 Å². The fourth-order valence-electron chi connectivity index (χ4n) is 4.77. The number of carbonyl (C=O) groups is 1. The molecule has 0 spiro atoms. The number of H-pyrrole nitrogens is 1. The van der Waals surface area contributed by atoms with Crippen molar-refractivity contribution in [2.45, 2.75) is 25.7 Å². The second kappa shape index (κ2) is 9.38. The van der Waals surface area contributed by atoms with Crippen molar-refractivity contribution < 1.29 is 14.3 Å². The van der Waals surface area contributed by atoms with Crippen LogP contribution < -0.4 is 14.8 Å². The molecule has 5 aromatic rings. The number of nitrogens with one attached hydrogen (secondary N) is 2. The first kappa shape index (κ1) is 22.7. The zero-order valence-corrected chi connectivity index (χ0v) is 20.4. The fourth-order valence-corrected chi connectivity index (χ4v) is 4.77. The number of amides is 1. The number of hydrogen-bond donors (Lipinski definition) is 2. The molecule has 10 heteroatoms. The highest BCUT2D eigenvalue weighted by Crippen LogP contribution is 2.40. The number of aryl methyl sites for hydroxylation is 1. The highest BCUT2D eigenvalue weighted by molar-refractivity contribution is 5.95. The Bertz CT molecular complexity index is 1570. The number of nitrogens with zero attached hydrogens (tertiary/aromatic N) is 5. The minimum absolute atomic E-state index is 0.0756. The van der Waals surface area contributed by atoms with Crippen molar-refractivity contribution in [3.63, 3.8) is 0 Å². The molecule has 0 saturated heterocycles. The summed E-state index contributed by atoms with van der Waals surface area (Å²) in [5.74, 6) is 2.57. The van der Waals surface area contributed by atoms with Crippen LogP contribution in [0.1, 0.15) is 34.7 Å². The SMILES string of the molecule is COc1ccc(CCOc2ccc(C3CC(=O)Nc4c3c(C)nn4-c3ncnc4nc[nH]c34)cc2)cc1. The number of methoxy groups -OCH3 is 1. The summed E-state index contributed by atoms with van der Waals surface area (Å²) >= 11 is 0. The zero-order chi connectivity index (χ0) is 25.4. The lowest BCUT2D eigenvalue weighted by Crippen LogP contribution is -2.25. The monoisotopic (exact) mass is 495 g/mol. The summed E-state index contributed by atoms with van der Waals surface area (Å²) < 4.78 is 12.8. The Morgan fingerprint density at radius 1 is 1.03 bits per heavy atom. The third-order valence-electron chi connectivity index (χ3n) is 6.61. The summed E-state index contributed by atoms with van der Waals surface area (Å²) in [5.41, 5.74) is 5.19. The Balaban J connectivity index is 1.23. The predicted octanol–water partition coefficient (Wildman–Crippen LogP) is 3.95. The summed E-state index contributed by atoms with van der Waals surface area (Å²) in [5, 5.41) is 7.73. The molecule has 0 aliphatic carbocycles. The molecule has 3 aromatic heterocycles. The number of carbonyl (C=O) groups excluding carboxylic acids is 1. The van der Waals surface area contributed by atoms with Gasteiger partial charge in [0.15, 0.2) is 11.5 Å². The van der Waals surface area contributed by atoms with E-state index < -0.39 is 0 Å². The number of aromatic amines is 1. The standard InChI is InChI=1S/C27H25N7O3/c1-16-23-21(18-5-9-20(10-6-18)37-12-11-17-3-7-19(36-2)8-4-17)13-22(35)32-26(23)34(33-16)27-24-25(29-14-28-24)30-15-31-27/h3-10,14-15,21H,11-13H2,1-2H3,(H,32,35)(H,28,29,30,31). The van der Waals surface area contributed by atoms with Crippen molar-refractivity contribution >= 4 is 22.9 Å². The molecule has 37 heavy (non-hydrogen) atoms. The Morgan fingerprint density at radius 2 is 1.81 bits per heavy atom. The van der Waals surface area contributed by atoms with E-state index in [0.717, 1.165) is 34.7 Å². The first-order chi connectivity index (χ1) is 18.1. The van der Waals surface area contributed by atoms with Crippen LogP contribution >= 0.6 is 0 Å². The molecule has 1 aliphatic rings. The van der Waals surface area contributed by atoms with Crippen LogP contribution in [-0.4, -0.2) is 49.3 Å². The summed E-state index contributed by atoms with van der Waals surface area (Å²) in [4.78, 5) is 28.6. The van der Waals surface area contributed by atoms with E-state index in [0.29, 0.717) is 35.8 Å². The van der Waals surface area contributed by atoms with Gasteiger partial charge in [0.25, 0.3) is 0 Å². The third-order valence-corrected chi connectivity index (χ3v) is 6.61. The van der Waals surface area contributed by atoms with E-state index in [1.54, 1.807) is 18.1 Å². The molecule has 0 bridgehead atoms. The topological polar surface area (TPSA) is 120 Å². The van der Waals surface area contributed by atoms with Crippen LogP contribution in [0, 0.1) is 6.92 Å². The molecule has 1 aliphatic heterocycles. The van der Waals surface area contributed by atoms with Gasteiger partial charge in [-0.2, -0.15) is 9.78 Å². The molecular formula is C27H25N7O3. The van der Waals surface area contributed by atoms with Crippen molar-refractivity contribution in [1.82, 2.24) is 29.7 Å². The molecule has 2 aromatic carbocycles. The Kier molecular flexibility index (Phi) is 5.76. The maximum atomic E-state index is 12.8. The van der Waals surface area contributed by atoms with Gasteiger partial charge in [0.2, 0.25) is 5.91 Å². The molecule has 1 unspecified atom stereocenters. The lowest BCUT2D eigenvalue weighted by molar-refractivity contribution is -0.116. The van der Waals surface area contributed by atoms with E-state index in [-0.39, 0.29) is 11.8 Å². The van der Waals surface area contributed by atoms with E-state index in [1.165, 1.54) is 11.9 Å². The smallest absolute Gasteiger partial charge is 0.226 e. The van der Waals surface area contributed by atoms with Crippen LogP contribution in [0.2, 0.25) is 0 Å². The van der Waals surface area contributed by atoms with Gasteiger partial charge in [-0.15, -0.1) is 0 Å². The van der Waals surface area contributed by atoms with Crippen molar-refractivity contribution in [3.05, 3.63) is 83.6 Å². The van der Waals surface area contributed by atoms with Crippen molar-refractivity contribution in [3.8, 4) is 17.3 Å². The van der Waals surface area contributed by atoms with Gasteiger partial charge < -0.3 is 19.8 Å². The lowest BCUT2D eigenvalue weighted by atomic mass is 9.86. The molecular weight excluding hydrogens is 470 g/mol. The molecule has 0 fully saturated rings. The summed E-state index contributed by atoms with van der Waals surface area (Å²) in [6.45, 7) is 2.51. The molecule has 0 radical (unpaired) electrons. The van der Waals surface area contributed by atoms with Crippen molar-refractivity contribution in [2.24, 2.45) is 0 Å². The van der Waals surface area contributed by atoms with Crippen LogP contribution in [0.3, 0.4) is 0 Å². The van der Waals surface area contributed by atoms with Gasteiger partial charge in [0.1, 0.15) is 29.2 Å². The molecule has 0 saturated carbocycles. The second-order valence-corrected chi connectivity index (χ2v) is 8.88. The van der Waals surface area contributed by atoms with Gasteiger partial charge in [-0.05, 0) is 42.3 Å². The molecule has 186 valence electrons. The molecule has 1 amide bonds.